The number of rotatable bonds is 1. The summed E-state index contributed by atoms with van der Waals surface area (Å²) in [4.78, 5) is 23.8. The molecule has 1 aromatic rings. The van der Waals surface area contributed by atoms with Gasteiger partial charge in [0.15, 0.2) is 0 Å². The molecule has 1 aliphatic rings. The van der Waals surface area contributed by atoms with Gasteiger partial charge in [0, 0.05) is 7.05 Å². The number of carbonyl (C=O) groups is 2. The number of amides is 3. The summed E-state index contributed by atoms with van der Waals surface area (Å²) in [6.07, 6.45) is 1.68. The highest BCUT2D eigenvalue weighted by molar-refractivity contribution is 6.13. The molecule has 0 spiro atoms. The Morgan fingerprint density at radius 2 is 2.06 bits per heavy atom. The third-order valence-electron chi connectivity index (χ3n) is 2.43. The average Bonchev–Trinajstić information content (AvgIpc) is 2.47. The molecule has 0 atom stereocenters. The van der Waals surface area contributed by atoms with E-state index in [9.17, 15) is 9.59 Å². The summed E-state index contributed by atoms with van der Waals surface area (Å²) in [5.74, 6) is -0.300. The van der Waals surface area contributed by atoms with E-state index in [-0.39, 0.29) is 11.9 Å². The summed E-state index contributed by atoms with van der Waals surface area (Å²) in [6.45, 7) is 1.98. The lowest BCUT2D eigenvalue weighted by molar-refractivity contribution is -0.121. The van der Waals surface area contributed by atoms with Crippen LogP contribution < -0.4 is 5.32 Å². The molecule has 0 saturated carbocycles. The molecule has 0 aromatic heterocycles. The van der Waals surface area contributed by atoms with Gasteiger partial charge in [0.2, 0.25) is 0 Å². The maximum absolute atomic E-state index is 11.6. The molecule has 2 rings (SSSR count). The number of carbonyl (C=O) groups excluding carboxylic acids is 2. The summed E-state index contributed by atoms with van der Waals surface area (Å²) in [7, 11) is 1.45. The number of imide groups is 1. The second-order valence-corrected chi connectivity index (χ2v) is 3.77. The first-order chi connectivity index (χ1) is 7.58. The van der Waals surface area contributed by atoms with E-state index in [0.717, 1.165) is 16.0 Å². The van der Waals surface area contributed by atoms with Crippen molar-refractivity contribution in [3.05, 3.63) is 41.1 Å². The molecule has 1 saturated heterocycles. The van der Waals surface area contributed by atoms with Crippen LogP contribution in [0.4, 0.5) is 4.79 Å². The molecule has 0 bridgehead atoms. The minimum atomic E-state index is -0.385. The number of nitrogens with one attached hydrogen (secondary N) is 1. The molecule has 82 valence electrons. The number of nitrogens with zero attached hydrogens (tertiary/aromatic N) is 1. The Labute approximate surface area is 93.6 Å². The van der Waals surface area contributed by atoms with Gasteiger partial charge in [-0.3, -0.25) is 9.69 Å². The Kier molecular flexibility index (Phi) is 2.48. The predicted molar refractivity (Wildman–Crippen MR) is 60.5 cm³/mol. The Bertz CT molecular complexity index is 492. The summed E-state index contributed by atoms with van der Waals surface area (Å²) in [5, 5.41) is 2.52. The van der Waals surface area contributed by atoms with E-state index < -0.39 is 0 Å². The molecule has 4 nitrogen and oxygen atoms in total. The molecule has 16 heavy (non-hydrogen) atoms. The first-order valence-electron chi connectivity index (χ1n) is 4.95. The standard InChI is InChI=1S/C12H12N2O2/c1-8-4-3-5-9(6-8)7-10-11(15)14(2)12(16)13-10/h3-7H,1-2H3,(H,13,16)/b10-7+. The van der Waals surface area contributed by atoms with Crippen molar-refractivity contribution in [3.63, 3.8) is 0 Å². The molecular weight excluding hydrogens is 204 g/mol. The van der Waals surface area contributed by atoms with Crippen molar-refractivity contribution in [2.24, 2.45) is 0 Å². The first kappa shape index (κ1) is 10.4. The highest BCUT2D eigenvalue weighted by Crippen LogP contribution is 2.13. The number of hydrogen-bond acceptors (Lipinski definition) is 2. The smallest absolute Gasteiger partial charge is 0.303 e. The molecule has 1 aromatic carbocycles. The first-order valence-corrected chi connectivity index (χ1v) is 4.95. The molecule has 0 radical (unpaired) electrons. The third-order valence-corrected chi connectivity index (χ3v) is 2.43. The van der Waals surface area contributed by atoms with Crippen molar-refractivity contribution in [1.82, 2.24) is 10.2 Å². The van der Waals surface area contributed by atoms with Crippen LogP contribution in [0.3, 0.4) is 0 Å². The minimum Gasteiger partial charge on any atom is -0.303 e. The van der Waals surface area contributed by atoms with Gasteiger partial charge >= 0.3 is 6.03 Å². The Morgan fingerprint density at radius 3 is 2.62 bits per heavy atom. The fourth-order valence-electron chi connectivity index (χ4n) is 1.55. The zero-order chi connectivity index (χ0) is 11.7. The van der Waals surface area contributed by atoms with Crippen LogP contribution in [0.5, 0.6) is 0 Å². The summed E-state index contributed by atoms with van der Waals surface area (Å²) >= 11 is 0. The highest BCUT2D eigenvalue weighted by Gasteiger charge is 2.29. The van der Waals surface area contributed by atoms with Gasteiger partial charge in [0.1, 0.15) is 5.70 Å². The number of likely N-dealkylation sites (N-methyl/N-ethyl adjacent to an activating group) is 1. The van der Waals surface area contributed by atoms with Gasteiger partial charge in [0.05, 0.1) is 0 Å². The monoisotopic (exact) mass is 216 g/mol. The van der Waals surface area contributed by atoms with Gasteiger partial charge in [-0.15, -0.1) is 0 Å². The van der Waals surface area contributed by atoms with Crippen molar-refractivity contribution in [2.45, 2.75) is 6.92 Å². The molecule has 3 amide bonds. The van der Waals surface area contributed by atoms with Crippen LogP contribution in [-0.2, 0) is 4.79 Å². The van der Waals surface area contributed by atoms with E-state index in [2.05, 4.69) is 5.32 Å². The number of aryl methyl sites for hydroxylation is 1. The molecule has 1 heterocycles. The van der Waals surface area contributed by atoms with Gasteiger partial charge in [-0.2, -0.15) is 0 Å². The third kappa shape index (κ3) is 1.82. The van der Waals surface area contributed by atoms with Crippen LogP contribution in [0.2, 0.25) is 0 Å². The van der Waals surface area contributed by atoms with Crippen LogP contribution in [-0.4, -0.2) is 23.9 Å². The van der Waals surface area contributed by atoms with Crippen molar-refractivity contribution in [1.29, 1.82) is 0 Å². The molecule has 0 unspecified atom stereocenters. The van der Waals surface area contributed by atoms with Crippen LogP contribution in [0.1, 0.15) is 11.1 Å². The van der Waals surface area contributed by atoms with Crippen LogP contribution >= 0.6 is 0 Å². The van der Waals surface area contributed by atoms with Gasteiger partial charge < -0.3 is 5.32 Å². The molecular formula is C12H12N2O2. The molecule has 1 aliphatic heterocycles. The SMILES string of the molecule is Cc1cccc(/C=C2/NC(=O)N(C)C2=O)c1. The quantitative estimate of drug-likeness (QED) is 0.571. The van der Waals surface area contributed by atoms with E-state index in [1.165, 1.54) is 7.05 Å². The van der Waals surface area contributed by atoms with Crippen molar-refractivity contribution in [2.75, 3.05) is 7.05 Å². The average molecular weight is 216 g/mol. The minimum absolute atomic E-state index is 0.300. The number of benzene rings is 1. The van der Waals surface area contributed by atoms with Crippen LogP contribution in [0.15, 0.2) is 30.0 Å². The largest absolute Gasteiger partial charge is 0.328 e. The lowest BCUT2D eigenvalue weighted by atomic mass is 10.1. The lowest BCUT2D eigenvalue weighted by Gasteiger charge is -2.00. The molecule has 1 N–H and O–H groups in total. The fourth-order valence-corrected chi connectivity index (χ4v) is 1.55. The van der Waals surface area contributed by atoms with Crippen LogP contribution in [0.25, 0.3) is 6.08 Å². The van der Waals surface area contributed by atoms with Crippen molar-refractivity contribution < 1.29 is 9.59 Å². The van der Waals surface area contributed by atoms with Gasteiger partial charge in [0.25, 0.3) is 5.91 Å². The van der Waals surface area contributed by atoms with Crippen molar-refractivity contribution >= 4 is 18.0 Å². The zero-order valence-electron chi connectivity index (χ0n) is 9.15. The fraction of sp³-hybridized carbons (Fsp3) is 0.167. The van der Waals surface area contributed by atoms with Gasteiger partial charge in [-0.25, -0.2) is 4.79 Å². The van der Waals surface area contributed by atoms with Crippen molar-refractivity contribution in [3.8, 4) is 0 Å². The summed E-state index contributed by atoms with van der Waals surface area (Å²) < 4.78 is 0. The normalized spacial score (nSPS) is 18.1. The van der Waals surface area contributed by atoms with E-state index in [0.29, 0.717) is 5.70 Å². The van der Waals surface area contributed by atoms with E-state index in [1.54, 1.807) is 6.08 Å². The maximum Gasteiger partial charge on any atom is 0.328 e. The molecule has 1 fully saturated rings. The number of hydrogen-bond donors (Lipinski definition) is 1. The molecule has 4 heteroatoms. The van der Waals surface area contributed by atoms with E-state index in [1.807, 2.05) is 31.2 Å². The second kappa shape index (κ2) is 3.81. The van der Waals surface area contributed by atoms with Gasteiger partial charge in [-0.1, -0.05) is 29.8 Å². The second-order valence-electron chi connectivity index (χ2n) is 3.77. The zero-order valence-corrected chi connectivity index (χ0v) is 9.15. The Hall–Kier alpha value is -2.10. The molecule has 0 aliphatic carbocycles. The topological polar surface area (TPSA) is 49.4 Å². The Balaban J connectivity index is 2.33. The Morgan fingerprint density at radius 1 is 1.31 bits per heavy atom. The van der Waals surface area contributed by atoms with E-state index in [4.69, 9.17) is 0 Å². The predicted octanol–water partition coefficient (Wildman–Crippen LogP) is 1.52. The summed E-state index contributed by atoms with van der Waals surface area (Å²) in [6, 6.07) is 7.34. The maximum atomic E-state index is 11.6. The lowest BCUT2D eigenvalue weighted by Crippen LogP contribution is -2.25. The highest BCUT2D eigenvalue weighted by atomic mass is 16.2. The number of urea groups is 1. The summed E-state index contributed by atoms with van der Waals surface area (Å²) in [5.41, 5.74) is 2.33. The van der Waals surface area contributed by atoms with E-state index >= 15 is 0 Å². The van der Waals surface area contributed by atoms with Crippen LogP contribution in [0, 0.1) is 6.92 Å². The van der Waals surface area contributed by atoms with Gasteiger partial charge in [-0.05, 0) is 18.6 Å².